The quantitative estimate of drug-likeness (QED) is 0.152. The molecule has 4 aromatic carbocycles. The Morgan fingerprint density at radius 1 is 0.517 bits per heavy atom. The average Bonchev–Trinajstić information content (AvgIpc) is 3.81. The molecule has 0 atom stereocenters. The molecular weight excluding hydrogens is 753 g/mol. The number of nitrogens with zero attached hydrogens (tertiary/aromatic N) is 6. The Morgan fingerprint density at radius 2 is 1.02 bits per heavy atom. The van der Waals surface area contributed by atoms with Crippen molar-refractivity contribution in [3.05, 3.63) is 121 Å². The first-order chi connectivity index (χ1) is 28.5. The third-order valence-corrected chi connectivity index (χ3v) is 10.1. The lowest BCUT2D eigenvalue weighted by molar-refractivity contribution is 0.379. The monoisotopic (exact) mass is 804 g/mol. The largest absolute Gasteiger partial charge is 0.497 e. The van der Waals surface area contributed by atoms with Gasteiger partial charge in [-0.05, 0) is 126 Å². The van der Waals surface area contributed by atoms with E-state index < -0.39 is 0 Å². The zero-order chi connectivity index (χ0) is 42.9. The number of ether oxygens (including phenoxy) is 4. The lowest BCUT2D eigenvalue weighted by atomic mass is 10.0. The highest BCUT2D eigenvalue weighted by molar-refractivity contribution is 6.02. The maximum atomic E-state index is 6.25. The van der Waals surface area contributed by atoms with Crippen LogP contribution in [0.25, 0.3) is 44.3 Å². The van der Waals surface area contributed by atoms with Crippen LogP contribution in [0.2, 0.25) is 0 Å². The summed E-state index contributed by atoms with van der Waals surface area (Å²) in [5.41, 5.74) is 20.0. The van der Waals surface area contributed by atoms with Gasteiger partial charge in [-0.1, -0.05) is 30.3 Å². The molecule has 4 heterocycles. The molecule has 60 heavy (non-hydrogen) atoms. The molecule has 4 N–H and O–H groups in total. The van der Waals surface area contributed by atoms with Crippen molar-refractivity contribution in [2.75, 3.05) is 25.7 Å². The van der Waals surface area contributed by atoms with E-state index in [0.717, 1.165) is 78.4 Å². The summed E-state index contributed by atoms with van der Waals surface area (Å²) >= 11 is 0. The van der Waals surface area contributed by atoms with Gasteiger partial charge in [-0.25, -0.2) is 19.9 Å². The second kappa shape index (κ2) is 16.3. The third kappa shape index (κ3) is 8.40. The smallest absolute Gasteiger partial charge is 0.169 e. The minimum absolute atomic E-state index is 0.137. The van der Waals surface area contributed by atoms with E-state index in [2.05, 4.69) is 89.1 Å². The fraction of sp³-hybridized carbons (Fsp3) is 0.250. The van der Waals surface area contributed by atoms with Crippen molar-refractivity contribution in [1.29, 1.82) is 0 Å². The number of rotatable bonds is 8. The van der Waals surface area contributed by atoms with Crippen LogP contribution in [0.3, 0.4) is 0 Å². The van der Waals surface area contributed by atoms with Crippen LogP contribution in [-0.2, 0) is 11.1 Å². The predicted octanol–water partition coefficient (Wildman–Crippen LogP) is 11.1. The fourth-order valence-electron chi connectivity index (χ4n) is 7.08. The second-order valence-corrected chi connectivity index (χ2v) is 16.6. The first-order valence-electron chi connectivity index (χ1n) is 19.7. The highest BCUT2D eigenvalue weighted by atomic mass is 16.5. The highest BCUT2D eigenvalue weighted by Crippen LogP contribution is 2.41. The van der Waals surface area contributed by atoms with Crippen LogP contribution in [-0.4, -0.2) is 43.3 Å². The molecule has 0 saturated heterocycles. The fourth-order valence-corrected chi connectivity index (χ4v) is 7.08. The van der Waals surface area contributed by atoms with Gasteiger partial charge in [0.15, 0.2) is 11.5 Å². The van der Waals surface area contributed by atoms with Gasteiger partial charge in [-0.15, -0.1) is 0 Å². The summed E-state index contributed by atoms with van der Waals surface area (Å²) in [5, 5.41) is 1.70. The number of methoxy groups -OCH3 is 2. The van der Waals surface area contributed by atoms with Crippen LogP contribution >= 0.6 is 0 Å². The normalized spacial score (nSPS) is 11.6. The van der Waals surface area contributed by atoms with Crippen molar-refractivity contribution < 1.29 is 18.9 Å². The minimum atomic E-state index is -0.157. The molecule has 0 fully saturated rings. The molecule has 308 valence electrons. The molecule has 0 aliphatic carbocycles. The van der Waals surface area contributed by atoms with Gasteiger partial charge < -0.3 is 39.5 Å². The molecule has 0 bridgehead atoms. The molecule has 8 rings (SSSR count). The van der Waals surface area contributed by atoms with E-state index >= 15 is 0 Å². The molecule has 8 aromatic rings. The minimum Gasteiger partial charge on any atom is -0.497 e. The van der Waals surface area contributed by atoms with E-state index in [0.29, 0.717) is 23.1 Å². The van der Waals surface area contributed by atoms with E-state index in [9.17, 15) is 0 Å². The van der Waals surface area contributed by atoms with E-state index in [4.69, 9.17) is 30.4 Å². The molecule has 0 radical (unpaired) electrons. The summed E-state index contributed by atoms with van der Waals surface area (Å²) in [7, 11) is 3.28. The number of nitrogens with two attached hydrogens (primary N) is 2. The van der Waals surface area contributed by atoms with E-state index in [1.807, 2.05) is 92.7 Å². The third-order valence-electron chi connectivity index (χ3n) is 10.1. The summed E-state index contributed by atoms with van der Waals surface area (Å²) in [6, 6.07) is 27.5. The van der Waals surface area contributed by atoms with Gasteiger partial charge in [0, 0.05) is 40.7 Å². The van der Waals surface area contributed by atoms with Crippen LogP contribution in [0.15, 0.2) is 110 Å². The number of aryl methyl sites for hydroxylation is 2. The topological polar surface area (TPSA) is 150 Å². The predicted molar refractivity (Wildman–Crippen MR) is 240 cm³/mol. The van der Waals surface area contributed by atoms with Crippen LogP contribution in [0.4, 0.5) is 11.6 Å². The van der Waals surface area contributed by atoms with Crippen molar-refractivity contribution >= 4 is 33.7 Å². The van der Waals surface area contributed by atoms with Gasteiger partial charge in [-0.3, -0.25) is 0 Å². The van der Waals surface area contributed by atoms with Crippen LogP contribution in [0, 0.1) is 13.8 Å². The zero-order valence-corrected chi connectivity index (χ0v) is 35.9. The van der Waals surface area contributed by atoms with Crippen molar-refractivity contribution in [3.8, 4) is 56.8 Å². The molecule has 0 aliphatic heterocycles. The summed E-state index contributed by atoms with van der Waals surface area (Å²) in [5.74, 6) is 5.26. The van der Waals surface area contributed by atoms with E-state index in [-0.39, 0.29) is 11.1 Å². The van der Waals surface area contributed by atoms with Crippen molar-refractivity contribution in [2.45, 2.75) is 66.5 Å². The van der Waals surface area contributed by atoms with Crippen molar-refractivity contribution in [2.24, 2.45) is 0 Å². The Kier molecular flexibility index (Phi) is 11.2. The lowest BCUT2D eigenvalue weighted by Crippen LogP contribution is -2.21. The van der Waals surface area contributed by atoms with Gasteiger partial charge in [0.2, 0.25) is 0 Å². The number of fused-ring (bicyclic) bond motifs is 2. The SMILES string of the molecule is COc1cc(-c2cn(C(C)(C)C)c3ncnc(N)c23)ccc1Oc1cccc(C)c1.COc1cccc(Oc2ccc(-c3cn(C(C)(C)C)c4ncnc(N)c34)cc2C)c1. The van der Waals surface area contributed by atoms with Crippen molar-refractivity contribution in [1.82, 2.24) is 29.1 Å². The Labute approximate surface area is 350 Å². The van der Waals surface area contributed by atoms with Gasteiger partial charge in [0.05, 0.1) is 25.0 Å². The number of hydrogen-bond acceptors (Lipinski definition) is 10. The number of anilines is 2. The van der Waals surface area contributed by atoms with Crippen LogP contribution in [0.1, 0.15) is 52.7 Å². The Balaban J connectivity index is 0.000000181. The van der Waals surface area contributed by atoms with E-state index in [1.165, 1.54) is 12.7 Å². The second-order valence-electron chi connectivity index (χ2n) is 16.6. The first-order valence-corrected chi connectivity index (χ1v) is 19.7. The summed E-state index contributed by atoms with van der Waals surface area (Å²) in [4.78, 5) is 17.4. The molecule has 0 saturated carbocycles. The number of hydrogen-bond donors (Lipinski definition) is 2. The standard InChI is InChI=1S/2C24H26N4O2/c1-15-11-16(9-10-20(15)30-18-8-6-7-17(12-18)29-5)19-13-28(24(2,3)4)23-21(19)22(25)26-14-27-23;1-15-7-6-8-17(11-15)30-19-10-9-16(12-20(19)29-5)18-13-28(24(2,3)4)23-21(18)22(25)26-14-27-23/h2*6-14H,1-5H3,(H2,25,26,27). The number of aromatic nitrogens is 6. The van der Waals surface area contributed by atoms with Gasteiger partial charge in [0.1, 0.15) is 58.6 Å². The summed E-state index contributed by atoms with van der Waals surface area (Å²) < 4.78 is 27.3. The molecule has 4 aromatic heterocycles. The summed E-state index contributed by atoms with van der Waals surface area (Å²) in [6.45, 7) is 16.9. The molecule has 0 aliphatic rings. The van der Waals surface area contributed by atoms with E-state index in [1.54, 1.807) is 14.2 Å². The first kappa shape index (κ1) is 41.1. The average molecular weight is 805 g/mol. The van der Waals surface area contributed by atoms with Gasteiger partial charge >= 0.3 is 0 Å². The van der Waals surface area contributed by atoms with Crippen LogP contribution < -0.4 is 30.4 Å². The lowest BCUT2D eigenvalue weighted by Gasteiger charge is -2.21. The van der Waals surface area contributed by atoms with Crippen molar-refractivity contribution in [3.63, 3.8) is 0 Å². The van der Waals surface area contributed by atoms with Crippen LogP contribution in [0.5, 0.6) is 34.5 Å². The number of nitrogen functional groups attached to an aromatic ring is 2. The molecule has 12 heteroatoms. The molecule has 0 unspecified atom stereocenters. The Morgan fingerprint density at radius 3 is 1.53 bits per heavy atom. The molecule has 0 spiro atoms. The Bertz CT molecular complexity index is 2830. The molecular formula is C48H52N8O4. The molecule has 0 amide bonds. The maximum Gasteiger partial charge on any atom is 0.169 e. The maximum absolute atomic E-state index is 6.25. The van der Waals surface area contributed by atoms with Gasteiger partial charge in [-0.2, -0.15) is 0 Å². The summed E-state index contributed by atoms with van der Waals surface area (Å²) in [6.07, 6.45) is 7.20. The Hall–Kier alpha value is -7.08. The van der Waals surface area contributed by atoms with Gasteiger partial charge in [0.25, 0.3) is 0 Å². The zero-order valence-electron chi connectivity index (χ0n) is 35.9. The molecule has 12 nitrogen and oxygen atoms in total. The number of benzene rings is 4. The highest BCUT2D eigenvalue weighted by Gasteiger charge is 2.24.